The first-order valence-corrected chi connectivity index (χ1v) is 8.40. The van der Waals surface area contributed by atoms with Gasteiger partial charge in [0.05, 0.1) is 39.6 Å². The number of rotatable bonds is 12. The molecule has 11 nitrogen and oxygen atoms in total. The van der Waals surface area contributed by atoms with Gasteiger partial charge in [-0.15, -0.1) is 0 Å². The molecule has 0 aromatic rings. The molecule has 0 unspecified atom stereocenters. The Morgan fingerprint density at radius 2 is 1.05 bits per heavy atom. The van der Waals surface area contributed by atoms with Crippen molar-refractivity contribution in [1.29, 1.82) is 0 Å². The van der Waals surface area contributed by atoms with E-state index in [0.717, 1.165) is 0 Å². The molecule has 22 heavy (non-hydrogen) atoms. The van der Waals surface area contributed by atoms with E-state index in [1.165, 1.54) is 0 Å². The number of phosphoric ester groups is 2. The van der Waals surface area contributed by atoms with Crippen LogP contribution in [0.4, 0.5) is 0 Å². The van der Waals surface area contributed by atoms with E-state index in [-0.39, 0.29) is 98.8 Å². The third-order valence-corrected chi connectivity index (χ3v) is 2.63. The Kier molecular flexibility index (Phi) is 20.2. The van der Waals surface area contributed by atoms with Crippen molar-refractivity contribution in [3.05, 3.63) is 0 Å². The van der Waals surface area contributed by atoms with Crippen molar-refractivity contribution in [3.8, 4) is 0 Å². The summed E-state index contributed by atoms with van der Waals surface area (Å²) in [5.41, 5.74) is 0. The van der Waals surface area contributed by atoms with Crippen molar-refractivity contribution in [1.82, 2.24) is 0 Å². The minimum absolute atomic E-state index is 0. The fourth-order valence-corrected chi connectivity index (χ4v) is 1.54. The number of ether oxygens (including phenoxy) is 2. The number of aliphatic hydroxyl groups is 1. The van der Waals surface area contributed by atoms with Crippen LogP contribution in [0.3, 0.4) is 0 Å². The Labute approximate surface area is 171 Å². The topological polar surface area (TPSA) is 172 Å². The molecule has 0 aliphatic heterocycles. The Morgan fingerprint density at radius 1 is 0.727 bits per heavy atom. The largest absolute Gasteiger partial charge is 1.00 e. The van der Waals surface area contributed by atoms with Crippen LogP contribution in [-0.4, -0.2) is 70.4 Å². The number of hydrogen-bond acceptors (Lipinski definition) is 7. The van der Waals surface area contributed by atoms with Gasteiger partial charge < -0.3 is 34.2 Å². The van der Waals surface area contributed by atoms with Crippen LogP contribution >= 0.6 is 15.6 Å². The average molecular weight is 386 g/mol. The van der Waals surface area contributed by atoms with Gasteiger partial charge in [-0.2, -0.15) is 0 Å². The summed E-state index contributed by atoms with van der Waals surface area (Å²) >= 11 is 0. The van der Waals surface area contributed by atoms with Gasteiger partial charge in [-0.25, -0.2) is 9.13 Å². The standard InChI is InChI=1S/C7H18O11P2.2Na/c8-7(5-15-1-3-17-19(9,10)11)6-16-2-4-18-20(12,13)14;;/h7-8H,1-6H2,(H2,9,10,11)(H2,12,13,14);;/q;2*+1. The van der Waals surface area contributed by atoms with Crippen molar-refractivity contribution in [2.24, 2.45) is 0 Å². The molecule has 0 aliphatic rings. The summed E-state index contributed by atoms with van der Waals surface area (Å²) in [5.74, 6) is 0. The first-order valence-electron chi connectivity index (χ1n) is 5.34. The van der Waals surface area contributed by atoms with Crippen molar-refractivity contribution < 1.29 is 111 Å². The van der Waals surface area contributed by atoms with Crippen molar-refractivity contribution in [2.45, 2.75) is 6.10 Å². The summed E-state index contributed by atoms with van der Waals surface area (Å²) in [4.78, 5) is 33.4. The number of aliphatic hydroxyl groups excluding tert-OH is 1. The van der Waals surface area contributed by atoms with E-state index in [2.05, 4.69) is 9.05 Å². The molecule has 0 aliphatic carbocycles. The minimum atomic E-state index is -4.51. The van der Waals surface area contributed by atoms with Crippen LogP contribution in [0, 0.1) is 0 Å². The summed E-state index contributed by atoms with van der Waals surface area (Å²) < 4.78 is 38.4. The molecule has 0 saturated heterocycles. The Bertz CT molecular complexity index is 313. The molecule has 5 N–H and O–H groups in total. The smallest absolute Gasteiger partial charge is 0.388 e. The zero-order valence-electron chi connectivity index (χ0n) is 12.4. The van der Waals surface area contributed by atoms with E-state index >= 15 is 0 Å². The molecule has 0 atom stereocenters. The van der Waals surface area contributed by atoms with Gasteiger partial charge in [-0.3, -0.25) is 9.05 Å². The van der Waals surface area contributed by atoms with Crippen molar-refractivity contribution in [2.75, 3.05) is 39.6 Å². The number of hydrogen-bond donors (Lipinski definition) is 5. The van der Waals surface area contributed by atoms with Gasteiger partial charge in [-0.1, -0.05) is 0 Å². The zero-order chi connectivity index (χ0) is 15.6. The van der Waals surface area contributed by atoms with E-state index in [0.29, 0.717) is 0 Å². The van der Waals surface area contributed by atoms with Crippen molar-refractivity contribution >= 4 is 15.6 Å². The molecule has 0 spiro atoms. The van der Waals surface area contributed by atoms with E-state index in [1.807, 2.05) is 0 Å². The molecule has 15 heteroatoms. The number of phosphoric acid groups is 2. The fraction of sp³-hybridized carbons (Fsp3) is 1.00. The van der Waals surface area contributed by atoms with Crippen molar-refractivity contribution in [3.63, 3.8) is 0 Å². The van der Waals surface area contributed by atoms with Gasteiger partial charge in [-0.05, 0) is 0 Å². The molecule has 0 rings (SSSR count). The third kappa shape index (κ3) is 24.4. The molecular weight excluding hydrogens is 368 g/mol. The third-order valence-electron chi connectivity index (χ3n) is 1.59. The maximum atomic E-state index is 10.3. The van der Waals surface area contributed by atoms with Gasteiger partial charge in [0.15, 0.2) is 0 Å². The van der Waals surface area contributed by atoms with Gasteiger partial charge in [0.1, 0.15) is 6.10 Å². The summed E-state index contributed by atoms with van der Waals surface area (Å²) in [6.07, 6.45) is -1.000. The molecule has 0 fully saturated rings. The second kappa shape index (κ2) is 15.4. The SMILES string of the molecule is O=P(O)(O)OCCOCC(O)COCCOP(=O)(O)O.[Na+].[Na+]. The molecular formula is C7H18Na2O11P2+2. The molecule has 0 heterocycles. The molecule has 0 radical (unpaired) electrons. The van der Waals surface area contributed by atoms with E-state index < -0.39 is 21.7 Å². The van der Waals surface area contributed by atoms with Gasteiger partial charge in [0.2, 0.25) is 0 Å². The summed E-state index contributed by atoms with van der Waals surface area (Å²) in [5, 5.41) is 9.33. The quantitative estimate of drug-likeness (QED) is 0.123. The first-order chi connectivity index (χ1) is 9.10. The summed E-state index contributed by atoms with van der Waals surface area (Å²) in [6, 6.07) is 0. The van der Waals surface area contributed by atoms with Gasteiger partial charge >= 0.3 is 74.8 Å². The van der Waals surface area contributed by atoms with E-state index in [1.54, 1.807) is 0 Å². The Morgan fingerprint density at radius 3 is 1.32 bits per heavy atom. The Hall–Kier alpha value is 2.10. The second-order valence-corrected chi connectivity index (χ2v) is 5.93. The summed E-state index contributed by atoms with van der Waals surface area (Å²) in [6.45, 7) is -1.19. The van der Waals surface area contributed by atoms with Crippen LogP contribution in [0.1, 0.15) is 0 Å². The second-order valence-electron chi connectivity index (χ2n) is 3.45. The monoisotopic (exact) mass is 386 g/mol. The van der Waals surface area contributed by atoms with Gasteiger partial charge in [0.25, 0.3) is 0 Å². The van der Waals surface area contributed by atoms with E-state index in [4.69, 9.17) is 29.0 Å². The normalized spacial score (nSPS) is 11.9. The summed E-state index contributed by atoms with van der Waals surface area (Å²) in [7, 11) is -9.03. The maximum absolute atomic E-state index is 10.3. The van der Waals surface area contributed by atoms with Crippen LogP contribution in [0.2, 0.25) is 0 Å². The Balaban J connectivity index is -0.00000180. The maximum Gasteiger partial charge on any atom is 1.00 e. The van der Waals surface area contributed by atoms with Crippen LogP contribution in [0.25, 0.3) is 0 Å². The van der Waals surface area contributed by atoms with Crippen LogP contribution in [-0.2, 0) is 27.7 Å². The molecule has 122 valence electrons. The minimum Gasteiger partial charge on any atom is -0.388 e. The van der Waals surface area contributed by atoms with Crippen LogP contribution in [0.5, 0.6) is 0 Å². The zero-order valence-corrected chi connectivity index (χ0v) is 18.2. The molecule has 0 bridgehead atoms. The fourth-order valence-electron chi connectivity index (χ4n) is 0.917. The first kappa shape index (κ1) is 28.9. The average Bonchev–Trinajstić information content (AvgIpc) is 2.25. The molecule has 0 aromatic heterocycles. The predicted octanol–water partition coefficient (Wildman–Crippen LogP) is -7.39. The predicted molar refractivity (Wildman–Crippen MR) is 63.6 cm³/mol. The molecule has 0 saturated carbocycles. The molecule has 0 aromatic carbocycles. The van der Waals surface area contributed by atoms with E-state index in [9.17, 15) is 14.2 Å². The van der Waals surface area contributed by atoms with Crippen LogP contribution < -0.4 is 59.1 Å². The van der Waals surface area contributed by atoms with Crippen LogP contribution in [0.15, 0.2) is 0 Å². The molecule has 0 amide bonds. The van der Waals surface area contributed by atoms with Gasteiger partial charge in [0, 0.05) is 0 Å².